The van der Waals surface area contributed by atoms with Gasteiger partial charge in [-0.15, -0.1) is 0 Å². The first-order valence-corrected chi connectivity index (χ1v) is 13.6. The van der Waals surface area contributed by atoms with Crippen molar-refractivity contribution in [2.75, 3.05) is 0 Å². The van der Waals surface area contributed by atoms with E-state index in [1.807, 2.05) is 50.2 Å². The van der Waals surface area contributed by atoms with Crippen molar-refractivity contribution in [2.24, 2.45) is 11.7 Å². The lowest BCUT2D eigenvalue weighted by molar-refractivity contribution is -0.142. The zero-order valence-electron chi connectivity index (χ0n) is 23.2. The van der Waals surface area contributed by atoms with Crippen LogP contribution in [-0.4, -0.2) is 62.9 Å². The van der Waals surface area contributed by atoms with E-state index < -0.39 is 47.9 Å². The third kappa shape index (κ3) is 10.2. The highest BCUT2D eigenvalue weighted by molar-refractivity contribution is 5.94. The summed E-state index contributed by atoms with van der Waals surface area (Å²) < 4.78 is 0. The van der Waals surface area contributed by atoms with Crippen molar-refractivity contribution >= 4 is 23.7 Å². The molecule has 0 saturated heterocycles. The molecule has 1 aromatic heterocycles. The fraction of sp³-hybridized carbons (Fsp3) is 0.367. The Morgan fingerprint density at radius 1 is 0.780 bits per heavy atom. The van der Waals surface area contributed by atoms with E-state index in [0.29, 0.717) is 5.69 Å². The predicted octanol–water partition coefficient (Wildman–Crippen LogP) is 1.35. The number of hydrogen-bond donors (Lipinski definition) is 6. The van der Waals surface area contributed by atoms with E-state index in [1.54, 1.807) is 30.5 Å². The standard InChI is InChI=1S/C30H38N6O5/c1-19(2)13-24(28(38)36-26(30(40)41)15-21-11-7-4-8-12-21)35-29(39)25(14-20-9-5-3-6-10-20)34-27(37)23(31)16-22-17-32-18-33-22/h3-12,17-19,23-26H,13-16,31H2,1-2H3,(H,32,33)(H,34,37)(H,35,39)(H,36,38)(H,40,41). The van der Waals surface area contributed by atoms with Crippen molar-refractivity contribution in [2.45, 2.75) is 63.7 Å². The van der Waals surface area contributed by atoms with Gasteiger partial charge in [-0.25, -0.2) is 9.78 Å². The summed E-state index contributed by atoms with van der Waals surface area (Å²) in [6.07, 6.45) is 3.77. The zero-order chi connectivity index (χ0) is 29.8. The lowest BCUT2D eigenvalue weighted by atomic mass is 9.99. The lowest BCUT2D eigenvalue weighted by Crippen LogP contribution is -2.58. The van der Waals surface area contributed by atoms with Gasteiger partial charge in [0, 0.05) is 31.2 Å². The molecule has 4 unspecified atom stereocenters. The molecular formula is C30H38N6O5. The molecule has 218 valence electrons. The number of carboxylic acids is 1. The van der Waals surface area contributed by atoms with Gasteiger partial charge in [-0.05, 0) is 23.5 Å². The molecule has 3 rings (SSSR count). The first kappa shape index (κ1) is 31.0. The number of benzene rings is 2. The second kappa shape index (κ2) is 15.3. The molecule has 1 heterocycles. The van der Waals surface area contributed by atoms with E-state index in [1.165, 1.54) is 6.33 Å². The summed E-state index contributed by atoms with van der Waals surface area (Å²) in [5.41, 5.74) is 8.33. The van der Waals surface area contributed by atoms with Crippen molar-refractivity contribution in [3.8, 4) is 0 Å². The molecule has 3 amide bonds. The molecule has 7 N–H and O–H groups in total. The van der Waals surface area contributed by atoms with Crippen molar-refractivity contribution in [3.63, 3.8) is 0 Å². The number of amides is 3. The van der Waals surface area contributed by atoms with Gasteiger partial charge in [0.2, 0.25) is 17.7 Å². The van der Waals surface area contributed by atoms with Gasteiger partial charge >= 0.3 is 5.97 Å². The Labute approximate surface area is 239 Å². The number of rotatable bonds is 15. The minimum absolute atomic E-state index is 0.00782. The average Bonchev–Trinajstić information content (AvgIpc) is 3.45. The first-order chi connectivity index (χ1) is 19.6. The third-order valence-electron chi connectivity index (χ3n) is 6.48. The van der Waals surface area contributed by atoms with Gasteiger partial charge in [-0.1, -0.05) is 74.5 Å². The monoisotopic (exact) mass is 562 g/mol. The van der Waals surface area contributed by atoms with Gasteiger partial charge in [-0.2, -0.15) is 0 Å². The second-order valence-corrected chi connectivity index (χ2v) is 10.4. The molecule has 11 heteroatoms. The van der Waals surface area contributed by atoms with Crippen molar-refractivity contribution < 1.29 is 24.3 Å². The van der Waals surface area contributed by atoms with Gasteiger partial charge in [-0.3, -0.25) is 14.4 Å². The van der Waals surface area contributed by atoms with Gasteiger partial charge in [0.05, 0.1) is 12.4 Å². The molecule has 0 aliphatic rings. The molecule has 41 heavy (non-hydrogen) atoms. The van der Waals surface area contributed by atoms with Crippen LogP contribution in [0.5, 0.6) is 0 Å². The third-order valence-corrected chi connectivity index (χ3v) is 6.48. The minimum Gasteiger partial charge on any atom is -0.480 e. The number of nitrogens with two attached hydrogens (primary N) is 1. The molecule has 0 aliphatic carbocycles. The SMILES string of the molecule is CC(C)CC(NC(=O)C(Cc1ccccc1)NC(=O)C(N)Cc1cnc[nH]1)C(=O)NC(Cc1ccccc1)C(=O)O. The van der Waals surface area contributed by atoms with E-state index in [-0.39, 0.29) is 31.6 Å². The Kier molecular flexibility index (Phi) is 11.6. The summed E-state index contributed by atoms with van der Waals surface area (Å²) in [7, 11) is 0. The minimum atomic E-state index is -1.18. The van der Waals surface area contributed by atoms with Crippen molar-refractivity contribution in [3.05, 3.63) is 90.0 Å². The molecule has 4 atom stereocenters. The maximum Gasteiger partial charge on any atom is 0.326 e. The van der Waals surface area contributed by atoms with Crippen LogP contribution in [-0.2, 0) is 38.4 Å². The summed E-state index contributed by atoms with van der Waals surface area (Å²) in [5, 5.41) is 17.8. The number of hydrogen-bond acceptors (Lipinski definition) is 6. The van der Waals surface area contributed by atoms with Crippen molar-refractivity contribution in [1.82, 2.24) is 25.9 Å². The van der Waals surface area contributed by atoms with Crippen LogP contribution in [0.2, 0.25) is 0 Å². The smallest absolute Gasteiger partial charge is 0.326 e. The number of aromatic amines is 1. The van der Waals surface area contributed by atoms with E-state index >= 15 is 0 Å². The van der Waals surface area contributed by atoms with Gasteiger partial charge in [0.25, 0.3) is 0 Å². The predicted molar refractivity (Wildman–Crippen MR) is 153 cm³/mol. The molecule has 0 aliphatic heterocycles. The number of carbonyl (C=O) groups excluding carboxylic acids is 3. The fourth-order valence-electron chi connectivity index (χ4n) is 4.36. The number of H-pyrrole nitrogens is 1. The summed E-state index contributed by atoms with van der Waals surface area (Å²) in [5.74, 6) is -2.90. The molecule has 0 fully saturated rings. The number of carboxylic acid groups (broad SMARTS) is 1. The number of carbonyl (C=O) groups is 4. The van der Waals surface area contributed by atoms with Crippen LogP contribution in [0.4, 0.5) is 0 Å². The maximum absolute atomic E-state index is 13.6. The highest BCUT2D eigenvalue weighted by atomic mass is 16.4. The molecule has 0 saturated carbocycles. The molecule has 11 nitrogen and oxygen atoms in total. The highest BCUT2D eigenvalue weighted by Crippen LogP contribution is 2.10. The number of nitrogens with zero attached hydrogens (tertiary/aromatic N) is 1. The van der Waals surface area contributed by atoms with Gasteiger partial charge < -0.3 is 31.8 Å². The Balaban J connectivity index is 1.75. The van der Waals surface area contributed by atoms with Crippen LogP contribution in [0.15, 0.2) is 73.2 Å². The lowest BCUT2D eigenvalue weighted by Gasteiger charge is -2.26. The number of aromatic nitrogens is 2. The molecule has 2 aromatic carbocycles. The maximum atomic E-state index is 13.6. The van der Waals surface area contributed by atoms with Gasteiger partial charge in [0.15, 0.2) is 0 Å². The molecule has 0 radical (unpaired) electrons. The van der Waals surface area contributed by atoms with E-state index in [0.717, 1.165) is 11.1 Å². The number of nitrogens with one attached hydrogen (secondary N) is 4. The number of imidazole rings is 1. The first-order valence-electron chi connectivity index (χ1n) is 13.6. The largest absolute Gasteiger partial charge is 0.480 e. The van der Waals surface area contributed by atoms with Crippen LogP contribution in [0.3, 0.4) is 0 Å². The summed E-state index contributed by atoms with van der Waals surface area (Å²) >= 11 is 0. The quantitative estimate of drug-likeness (QED) is 0.162. The van der Waals surface area contributed by atoms with E-state index in [4.69, 9.17) is 5.73 Å². The Morgan fingerprint density at radius 2 is 1.29 bits per heavy atom. The number of aliphatic carboxylic acids is 1. The Hall–Kier alpha value is -4.51. The summed E-state index contributed by atoms with van der Waals surface area (Å²) in [6.45, 7) is 3.78. The highest BCUT2D eigenvalue weighted by Gasteiger charge is 2.31. The summed E-state index contributed by atoms with van der Waals surface area (Å²) in [4.78, 5) is 58.6. The molecule has 0 bridgehead atoms. The zero-order valence-corrected chi connectivity index (χ0v) is 23.2. The van der Waals surface area contributed by atoms with Crippen LogP contribution < -0.4 is 21.7 Å². The second-order valence-electron chi connectivity index (χ2n) is 10.4. The molecule has 0 spiro atoms. The van der Waals surface area contributed by atoms with Crippen LogP contribution in [0, 0.1) is 5.92 Å². The Morgan fingerprint density at radius 3 is 1.80 bits per heavy atom. The van der Waals surface area contributed by atoms with Crippen molar-refractivity contribution in [1.29, 1.82) is 0 Å². The Bertz CT molecular complexity index is 1270. The molecule has 3 aromatic rings. The van der Waals surface area contributed by atoms with Crippen LogP contribution in [0.1, 0.15) is 37.1 Å². The summed E-state index contributed by atoms with van der Waals surface area (Å²) in [6, 6.07) is 13.9. The van der Waals surface area contributed by atoms with Crippen LogP contribution in [0.25, 0.3) is 0 Å². The van der Waals surface area contributed by atoms with E-state index in [2.05, 4.69) is 25.9 Å². The molecular weight excluding hydrogens is 524 g/mol. The average molecular weight is 563 g/mol. The fourth-order valence-corrected chi connectivity index (χ4v) is 4.36. The van der Waals surface area contributed by atoms with Crippen LogP contribution >= 0.6 is 0 Å². The van der Waals surface area contributed by atoms with E-state index in [9.17, 15) is 24.3 Å². The van der Waals surface area contributed by atoms with Gasteiger partial charge in [0.1, 0.15) is 18.1 Å². The topological polar surface area (TPSA) is 179 Å². The normalized spacial score (nSPS) is 14.0.